The Labute approximate surface area is 158 Å². The van der Waals surface area contributed by atoms with E-state index in [4.69, 9.17) is 28.3 Å². The van der Waals surface area contributed by atoms with Crippen LogP contribution in [0.1, 0.15) is 91.9 Å². The Morgan fingerprint density at radius 2 is 1.00 bits per heavy atom. The van der Waals surface area contributed by atoms with Crippen LogP contribution in [0.3, 0.4) is 0 Å². The Bertz CT molecular complexity index is 381. The SMILES string of the molecule is CCCCCC(CC)OP(=O)(O)OC(CC)CCCCC.O=P(O)(O)O. The topological polar surface area (TPSA) is 134 Å². The number of phosphoric acid groups is 2. The smallest absolute Gasteiger partial charge is 0.303 e. The molecular formula is C16H38O8P2. The van der Waals surface area contributed by atoms with Gasteiger partial charge in [-0.25, -0.2) is 9.13 Å². The molecule has 26 heavy (non-hydrogen) atoms. The molecule has 0 bridgehead atoms. The Morgan fingerprint density at radius 1 is 0.692 bits per heavy atom. The lowest BCUT2D eigenvalue weighted by molar-refractivity contribution is 0.0628. The van der Waals surface area contributed by atoms with Crippen molar-refractivity contribution in [2.45, 2.75) is 104 Å². The summed E-state index contributed by atoms with van der Waals surface area (Å²) in [5.41, 5.74) is 0. The first-order valence-corrected chi connectivity index (χ1v) is 12.5. The van der Waals surface area contributed by atoms with Crippen LogP contribution in [0, 0.1) is 0 Å². The molecule has 0 aromatic rings. The average Bonchev–Trinajstić information content (AvgIpc) is 2.51. The van der Waals surface area contributed by atoms with E-state index in [0.717, 1.165) is 64.2 Å². The summed E-state index contributed by atoms with van der Waals surface area (Å²) in [5, 5.41) is 0. The van der Waals surface area contributed by atoms with E-state index >= 15 is 0 Å². The summed E-state index contributed by atoms with van der Waals surface area (Å²) in [6.45, 7) is 8.25. The standard InChI is InChI=1S/C16H35O4P.H3O4P/c1-5-9-11-13-15(7-3)19-21(17,18)20-16(8-4)14-12-10-6-2;1-5(2,3)4/h15-16H,5-14H2,1-4H3,(H,17,18);(H3,1,2,3,4). The molecule has 2 unspecified atom stereocenters. The highest BCUT2D eigenvalue weighted by atomic mass is 31.2. The first-order chi connectivity index (χ1) is 12.0. The Balaban J connectivity index is 0. The molecule has 0 aliphatic carbocycles. The van der Waals surface area contributed by atoms with Crippen molar-refractivity contribution < 1.29 is 37.8 Å². The summed E-state index contributed by atoms with van der Waals surface area (Å²) in [6, 6.07) is 0. The van der Waals surface area contributed by atoms with Gasteiger partial charge in [0.05, 0.1) is 12.2 Å². The van der Waals surface area contributed by atoms with Crippen LogP contribution in [-0.4, -0.2) is 31.8 Å². The molecule has 0 saturated heterocycles. The normalized spacial score (nSPS) is 16.3. The van der Waals surface area contributed by atoms with Crippen molar-refractivity contribution in [3.63, 3.8) is 0 Å². The predicted octanol–water partition coefficient (Wildman–Crippen LogP) is 4.91. The maximum Gasteiger partial charge on any atom is 0.472 e. The molecule has 0 spiro atoms. The Hall–Kier alpha value is 0.220. The largest absolute Gasteiger partial charge is 0.472 e. The molecule has 8 nitrogen and oxygen atoms in total. The molecule has 160 valence electrons. The van der Waals surface area contributed by atoms with Crippen molar-refractivity contribution in [2.24, 2.45) is 0 Å². The highest BCUT2D eigenvalue weighted by Crippen LogP contribution is 2.48. The summed E-state index contributed by atoms with van der Waals surface area (Å²) >= 11 is 0. The van der Waals surface area contributed by atoms with E-state index in [0.29, 0.717) is 0 Å². The molecule has 0 aromatic heterocycles. The zero-order valence-electron chi connectivity index (χ0n) is 16.5. The van der Waals surface area contributed by atoms with Crippen LogP contribution in [0.4, 0.5) is 0 Å². The van der Waals surface area contributed by atoms with E-state index in [1.165, 1.54) is 0 Å². The second-order valence-corrected chi connectivity index (χ2v) is 8.63. The van der Waals surface area contributed by atoms with Crippen LogP contribution in [-0.2, 0) is 18.2 Å². The van der Waals surface area contributed by atoms with Gasteiger partial charge in [-0.3, -0.25) is 9.05 Å². The van der Waals surface area contributed by atoms with Crippen LogP contribution >= 0.6 is 15.6 Å². The van der Waals surface area contributed by atoms with Crippen molar-refractivity contribution in [2.75, 3.05) is 0 Å². The van der Waals surface area contributed by atoms with E-state index < -0.39 is 15.6 Å². The van der Waals surface area contributed by atoms with Gasteiger partial charge in [0.1, 0.15) is 0 Å². The molecule has 0 saturated carbocycles. The zero-order chi connectivity index (χ0) is 20.6. The molecule has 0 rings (SSSR count). The van der Waals surface area contributed by atoms with Crippen molar-refractivity contribution in [3.05, 3.63) is 0 Å². The van der Waals surface area contributed by atoms with Gasteiger partial charge in [0.2, 0.25) is 0 Å². The fraction of sp³-hybridized carbons (Fsp3) is 1.00. The summed E-state index contributed by atoms with van der Waals surface area (Å²) in [4.78, 5) is 31.5. The second-order valence-electron chi connectivity index (χ2n) is 6.24. The van der Waals surface area contributed by atoms with Gasteiger partial charge < -0.3 is 19.6 Å². The van der Waals surface area contributed by atoms with Gasteiger partial charge in [-0.15, -0.1) is 0 Å². The van der Waals surface area contributed by atoms with Crippen molar-refractivity contribution in [1.82, 2.24) is 0 Å². The van der Waals surface area contributed by atoms with Crippen LogP contribution in [0.2, 0.25) is 0 Å². The van der Waals surface area contributed by atoms with Gasteiger partial charge in [0.15, 0.2) is 0 Å². The number of rotatable bonds is 14. The lowest BCUT2D eigenvalue weighted by Gasteiger charge is -2.23. The summed E-state index contributed by atoms with van der Waals surface area (Å²) in [5.74, 6) is 0. The van der Waals surface area contributed by atoms with Crippen molar-refractivity contribution in [3.8, 4) is 0 Å². The first kappa shape index (κ1) is 28.4. The first-order valence-electron chi connectivity index (χ1n) is 9.46. The highest BCUT2D eigenvalue weighted by molar-refractivity contribution is 7.47. The fourth-order valence-electron chi connectivity index (χ4n) is 2.31. The maximum atomic E-state index is 12.1. The molecule has 0 heterocycles. The molecule has 0 amide bonds. The molecule has 2 atom stereocenters. The summed E-state index contributed by atoms with van der Waals surface area (Å²) < 4.78 is 31.7. The van der Waals surface area contributed by atoms with Gasteiger partial charge in [0.25, 0.3) is 0 Å². The minimum atomic E-state index is -4.64. The van der Waals surface area contributed by atoms with E-state index in [1.54, 1.807) is 0 Å². The highest BCUT2D eigenvalue weighted by Gasteiger charge is 2.28. The van der Waals surface area contributed by atoms with Crippen LogP contribution < -0.4 is 0 Å². The molecule has 0 aliphatic heterocycles. The second kappa shape index (κ2) is 16.2. The Morgan fingerprint density at radius 3 is 1.23 bits per heavy atom. The van der Waals surface area contributed by atoms with Crippen LogP contribution in [0.25, 0.3) is 0 Å². The third-order valence-electron chi connectivity index (χ3n) is 3.73. The van der Waals surface area contributed by atoms with Gasteiger partial charge in [-0.1, -0.05) is 66.2 Å². The van der Waals surface area contributed by atoms with E-state index in [-0.39, 0.29) is 12.2 Å². The monoisotopic (exact) mass is 420 g/mol. The van der Waals surface area contributed by atoms with E-state index in [9.17, 15) is 9.46 Å². The molecule has 10 heteroatoms. The van der Waals surface area contributed by atoms with Crippen molar-refractivity contribution in [1.29, 1.82) is 0 Å². The summed E-state index contributed by atoms with van der Waals surface area (Å²) in [6.07, 6.45) is 9.37. The fourth-order valence-corrected chi connectivity index (χ4v) is 3.62. The molecule has 0 radical (unpaired) electrons. The number of hydrogen-bond donors (Lipinski definition) is 4. The minimum absolute atomic E-state index is 0.180. The molecule has 4 N–H and O–H groups in total. The lowest BCUT2D eigenvalue weighted by Crippen LogP contribution is -2.16. The molecular weight excluding hydrogens is 382 g/mol. The van der Waals surface area contributed by atoms with Crippen molar-refractivity contribution >= 4 is 15.6 Å². The number of unbranched alkanes of at least 4 members (excludes halogenated alkanes) is 4. The quantitative estimate of drug-likeness (QED) is 0.230. The minimum Gasteiger partial charge on any atom is -0.303 e. The third kappa shape index (κ3) is 22.3. The predicted molar refractivity (Wildman–Crippen MR) is 103 cm³/mol. The van der Waals surface area contributed by atoms with Gasteiger partial charge in [-0.2, -0.15) is 0 Å². The van der Waals surface area contributed by atoms with Crippen LogP contribution in [0.5, 0.6) is 0 Å². The van der Waals surface area contributed by atoms with E-state index in [2.05, 4.69) is 13.8 Å². The zero-order valence-corrected chi connectivity index (χ0v) is 18.3. The molecule has 0 aliphatic rings. The molecule has 0 aromatic carbocycles. The third-order valence-corrected chi connectivity index (χ3v) is 4.86. The number of hydrogen-bond acceptors (Lipinski definition) is 4. The van der Waals surface area contributed by atoms with Crippen LogP contribution in [0.15, 0.2) is 0 Å². The van der Waals surface area contributed by atoms with Gasteiger partial charge in [0, 0.05) is 0 Å². The van der Waals surface area contributed by atoms with E-state index in [1.807, 2.05) is 13.8 Å². The summed E-state index contributed by atoms with van der Waals surface area (Å²) in [7, 11) is -8.57. The maximum absolute atomic E-state index is 12.1. The Kier molecular flexibility index (Phi) is 17.7. The molecule has 0 fully saturated rings. The number of phosphoric ester groups is 1. The van der Waals surface area contributed by atoms with Gasteiger partial charge >= 0.3 is 15.6 Å². The lowest BCUT2D eigenvalue weighted by atomic mass is 10.1. The average molecular weight is 420 g/mol. The van der Waals surface area contributed by atoms with Gasteiger partial charge in [-0.05, 0) is 25.7 Å².